The molecule has 23 heavy (non-hydrogen) atoms. The van der Waals surface area contributed by atoms with E-state index in [4.69, 9.17) is 0 Å². The maximum absolute atomic E-state index is 12.2. The lowest BCUT2D eigenvalue weighted by Crippen LogP contribution is -2.09. The summed E-state index contributed by atoms with van der Waals surface area (Å²) in [4.78, 5) is 14.5. The zero-order valence-electron chi connectivity index (χ0n) is 12.5. The number of nitro groups is 1. The van der Waals surface area contributed by atoms with E-state index in [-0.39, 0.29) is 5.69 Å². The molecule has 3 aromatic heterocycles. The summed E-state index contributed by atoms with van der Waals surface area (Å²) in [6.45, 7) is 2.35. The van der Waals surface area contributed by atoms with E-state index < -0.39 is 15.7 Å². The number of hydrogen-bond donors (Lipinski definition) is 0. The van der Waals surface area contributed by atoms with Crippen molar-refractivity contribution < 1.29 is 9.13 Å². The van der Waals surface area contributed by atoms with E-state index in [0.29, 0.717) is 18.1 Å². The highest BCUT2D eigenvalue weighted by Crippen LogP contribution is 2.11. The van der Waals surface area contributed by atoms with Gasteiger partial charge < -0.3 is 4.40 Å². The van der Waals surface area contributed by atoms with Crippen LogP contribution in [0.4, 0.5) is 5.69 Å². The molecule has 9 heteroatoms. The van der Waals surface area contributed by atoms with Crippen LogP contribution in [0.3, 0.4) is 0 Å². The SMILES string of the molecule is Cc1cccc2nc(CS(=O)CCn3cc([N+](=O)[O-])cn3)cn12. The number of nitrogens with zero attached hydrogens (tertiary/aromatic N) is 5. The van der Waals surface area contributed by atoms with Crippen molar-refractivity contribution in [2.75, 3.05) is 5.75 Å². The van der Waals surface area contributed by atoms with Crippen LogP contribution in [0.25, 0.3) is 5.65 Å². The average Bonchev–Trinajstić information content (AvgIpc) is 3.12. The first-order chi connectivity index (χ1) is 11.0. The largest absolute Gasteiger partial charge is 0.306 e. The Kier molecular flexibility index (Phi) is 4.20. The minimum Gasteiger partial charge on any atom is -0.304 e. The number of pyridine rings is 1. The molecule has 0 spiro atoms. The molecule has 0 aliphatic heterocycles. The van der Waals surface area contributed by atoms with Gasteiger partial charge in [-0.2, -0.15) is 5.10 Å². The van der Waals surface area contributed by atoms with Gasteiger partial charge in [0.15, 0.2) is 0 Å². The van der Waals surface area contributed by atoms with Gasteiger partial charge >= 0.3 is 5.69 Å². The van der Waals surface area contributed by atoms with Gasteiger partial charge in [0.05, 0.1) is 22.9 Å². The van der Waals surface area contributed by atoms with E-state index >= 15 is 0 Å². The molecule has 3 rings (SSSR count). The number of aryl methyl sites for hydroxylation is 2. The Morgan fingerprint density at radius 2 is 2.17 bits per heavy atom. The number of rotatable bonds is 6. The first-order valence-electron chi connectivity index (χ1n) is 6.98. The Hall–Kier alpha value is -2.55. The second kappa shape index (κ2) is 6.29. The minimum atomic E-state index is -1.11. The molecular weight excluding hydrogens is 318 g/mol. The summed E-state index contributed by atoms with van der Waals surface area (Å²) in [5, 5.41) is 14.5. The topological polar surface area (TPSA) is 95.3 Å². The lowest BCUT2D eigenvalue weighted by atomic mass is 10.4. The number of imidazole rings is 1. The summed E-state index contributed by atoms with van der Waals surface area (Å²) >= 11 is 0. The molecule has 0 radical (unpaired) electrons. The molecule has 0 bridgehead atoms. The smallest absolute Gasteiger partial charge is 0.304 e. The highest BCUT2D eigenvalue weighted by molar-refractivity contribution is 7.84. The van der Waals surface area contributed by atoms with Crippen molar-refractivity contribution in [3.05, 3.63) is 58.3 Å². The Morgan fingerprint density at radius 3 is 2.87 bits per heavy atom. The standard InChI is InChI=1S/C14H15N5O3S/c1-11-3-2-4-14-16-12(8-18(11)14)10-23(22)6-5-17-9-13(7-15-17)19(20)21/h2-4,7-9H,5-6,10H2,1H3. The molecule has 0 aliphatic carbocycles. The maximum atomic E-state index is 12.2. The monoisotopic (exact) mass is 333 g/mol. The van der Waals surface area contributed by atoms with Gasteiger partial charge in [0.25, 0.3) is 0 Å². The number of fused-ring (bicyclic) bond motifs is 1. The quantitative estimate of drug-likeness (QED) is 0.505. The normalized spacial score (nSPS) is 12.6. The van der Waals surface area contributed by atoms with Gasteiger partial charge in [0.1, 0.15) is 18.0 Å². The van der Waals surface area contributed by atoms with Gasteiger partial charge in [0.2, 0.25) is 0 Å². The van der Waals surface area contributed by atoms with Gasteiger partial charge in [0, 0.05) is 28.4 Å². The van der Waals surface area contributed by atoms with Gasteiger partial charge in [-0.3, -0.25) is 19.0 Å². The lowest BCUT2D eigenvalue weighted by Gasteiger charge is -2.00. The molecule has 1 unspecified atom stereocenters. The lowest BCUT2D eigenvalue weighted by molar-refractivity contribution is -0.385. The van der Waals surface area contributed by atoms with Gasteiger partial charge in [-0.25, -0.2) is 4.98 Å². The van der Waals surface area contributed by atoms with E-state index in [1.165, 1.54) is 17.1 Å². The first-order valence-corrected chi connectivity index (χ1v) is 8.47. The summed E-state index contributed by atoms with van der Waals surface area (Å²) in [7, 11) is -1.11. The average molecular weight is 333 g/mol. The van der Waals surface area contributed by atoms with Crippen molar-refractivity contribution in [2.45, 2.75) is 19.2 Å². The Balaban J connectivity index is 1.61. The van der Waals surface area contributed by atoms with Crippen LogP contribution >= 0.6 is 0 Å². The van der Waals surface area contributed by atoms with Crippen LogP contribution in [0, 0.1) is 17.0 Å². The third-order valence-electron chi connectivity index (χ3n) is 3.43. The third kappa shape index (κ3) is 3.45. The Labute approximate surface area is 134 Å². The fourth-order valence-electron chi connectivity index (χ4n) is 2.27. The van der Waals surface area contributed by atoms with Crippen LogP contribution in [-0.4, -0.2) is 34.1 Å². The molecule has 0 aliphatic rings. The summed E-state index contributed by atoms with van der Waals surface area (Å²) in [6, 6.07) is 5.82. The first kappa shape index (κ1) is 15.3. The molecule has 3 heterocycles. The predicted molar refractivity (Wildman–Crippen MR) is 85.5 cm³/mol. The van der Waals surface area contributed by atoms with Crippen molar-refractivity contribution in [2.24, 2.45) is 0 Å². The third-order valence-corrected chi connectivity index (χ3v) is 4.69. The van der Waals surface area contributed by atoms with Crippen molar-refractivity contribution in [3.63, 3.8) is 0 Å². The van der Waals surface area contributed by atoms with Crippen LogP contribution in [0.15, 0.2) is 36.8 Å². The summed E-state index contributed by atoms with van der Waals surface area (Å²) in [6.07, 6.45) is 4.42. The van der Waals surface area contributed by atoms with Crippen molar-refractivity contribution in [1.29, 1.82) is 0 Å². The van der Waals surface area contributed by atoms with E-state index in [9.17, 15) is 14.3 Å². The van der Waals surface area contributed by atoms with E-state index in [1.807, 2.05) is 35.7 Å². The Bertz CT molecular complexity index is 886. The van der Waals surface area contributed by atoms with Crippen LogP contribution in [0.1, 0.15) is 11.4 Å². The summed E-state index contributed by atoms with van der Waals surface area (Å²) < 4.78 is 15.6. The van der Waals surface area contributed by atoms with Crippen molar-refractivity contribution in [3.8, 4) is 0 Å². The minimum absolute atomic E-state index is 0.0633. The molecule has 8 nitrogen and oxygen atoms in total. The van der Waals surface area contributed by atoms with Crippen molar-refractivity contribution >= 4 is 22.1 Å². The fourth-order valence-corrected chi connectivity index (χ4v) is 3.27. The molecular formula is C14H15N5O3S. The van der Waals surface area contributed by atoms with E-state index in [1.54, 1.807) is 0 Å². The maximum Gasteiger partial charge on any atom is 0.306 e. The molecule has 3 aromatic rings. The van der Waals surface area contributed by atoms with Gasteiger partial charge in [-0.15, -0.1) is 0 Å². The van der Waals surface area contributed by atoms with Crippen LogP contribution < -0.4 is 0 Å². The molecule has 0 aromatic carbocycles. The second-order valence-electron chi connectivity index (χ2n) is 5.13. The number of aromatic nitrogens is 4. The van der Waals surface area contributed by atoms with Crippen LogP contribution in [0.5, 0.6) is 0 Å². The number of hydrogen-bond acceptors (Lipinski definition) is 5. The fraction of sp³-hybridized carbons (Fsp3) is 0.286. The van der Waals surface area contributed by atoms with E-state index in [0.717, 1.165) is 17.0 Å². The highest BCUT2D eigenvalue weighted by Gasteiger charge is 2.11. The van der Waals surface area contributed by atoms with Crippen LogP contribution in [0.2, 0.25) is 0 Å². The molecule has 0 saturated carbocycles. The molecule has 0 N–H and O–H groups in total. The Morgan fingerprint density at radius 1 is 1.35 bits per heavy atom. The molecule has 120 valence electrons. The summed E-state index contributed by atoms with van der Waals surface area (Å²) in [5.41, 5.74) is 2.60. The highest BCUT2D eigenvalue weighted by atomic mass is 32.2. The van der Waals surface area contributed by atoms with Gasteiger partial charge in [-0.1, -0.05) is 6.07 Å². The molecule has 1 atom stereocenters. The van der Waals surface area contributed by atoms with Crippen LogP contribution in [-0.2, 0) is 23.1 Å². The van der Waals surface area contributed by atoms with E-state index in [2.05, 4.69) is 10.1 Å². The second-order valence-corrected chi connectivity index (χ2v) is 6.71. The molecule has 0 saturated heterocycles. The molecule has 0 fully saturated rings. The van der Waals surface area contributed by atoms with Gasteiger partial charge in [-0.05, 0) is 19.1 Å². The predicted octanol–water partition coefficient (Wildman–Crippen LogP) is 1.70. The van der Waals surface area contributed by atoms with Crippen molar-refractivity contribution in [1.82, 2.24) is 19.2 Å². The zero-order valence-corrected chi connectivity index (χ0v) is 13.3. The summed E-state index contributed by atoms with van der Waals surface area (Å²) in [5.74, 6) is 0.718. The zero-order chi connectivity index (χ0) is 16.4. The molecule has 0 amide bonds.